The second kappa shape index (κ2) is 11.1. The van der Waals surface area contributed by atoms with E-state index in [0.29, 0.717) is 30.0 Å². The number of anilines is 2. The van der Waals surface area contributed by atoms with Crippen LogP contribution >= 0.6 is 0 Å². The number of fused-ring (bicyclic) bond motifs is 1. The summed E-state index contributed by atoms with van der Waals surface area (Å²) in [6.07, 6.45) is 7.45. The molecule has 0 saturated carbocycles. The monoisotopic (exact) mass is 545 g/mol. The predicted molar refractivity (Wildman–Crippen MR) is 147 cm³/mol. The third kappa shape index (κ3) is 5.27. The minimum Gasteiger partial charge on any atom is -0.453 e. The highest BCUT2D eigenvalue weighted by molar-refractivity contribution is 6.13. The Bertz CT molecular complexity index is 1550. The Hall–Kier alpha value is -4.31. The topological polar surface area (TPSA) is 90.6 Å². The zero-order valence-corrected chi connectivity index (χ0v) is 21.8. The van der Waals surface area contributed by atoms with E-state index in [-0.39, 0.29) is 17.3 Å². The van der Waals surface area contributed by atoms with Crippen molar-refractivity contribution in [1.29, 1.82) is 0 Å². The number of ether oxygens (including phenoxy) is 1. The fraction of sp³-hybridized carbons (Fsp3) is 0.300. The van der Waals surface area contributed by atoms with Crippen LogP contribution in [0, 0.1) is 17.6 Å². The van der Waals surface area contributed by atoms with Crippen LogP contribution < -0.4 is 15.0 Å². The molecule has 0 aliphatic carbocycles. The van der Waals surface area contributed by atoms with Gasteiger partial charge in [0.2, 0.25) is 11.8 Å². The van der Waals surface area contributed by atoms with E-state index >= 15 is 4.39 Å². The van der Waals surface area contributed by atoms with Crippen LogP contribution in [0.5, 0.6) is 11.5 Å². The number of hydrogen-bond acceptors (Lipinski definition) is 5. The molecule has 2 saturated heterocycles. The van der Waals surface area contributed by atoms with Gasteiger partial charge in [-0.05, 0) is 80.4 Å². The molecule has 4 aromatic rings. The van der Waals surface area contributed by atoms with E-state index in [1.807, 2.05) is 6.20 Å². The van der Waals surface area contributed by atoms with Gasteiger partial charge in [0.15, 0.2) is 11.6 Å². The Morgan fingerprint density at radius 2 is 1.82 bits per heavy atom. The van der Waals surface area contributed by atoms with E-state index in [2.05, 4.69) is 20.2 Å². The number of halogens is 2. The van der Waals surface area contributed by atoms with Gasteiger partial charge in [0.1, 0.15) is 23.1 Å². The maximum absolute atomic E-state index is 15.1. The number of aromatic nitrogens is 2. The van der Waals surface area contributed by atoms with E-state index in [1.54, 1.807) is 12.3 Å². The highest BCUT2D eigenvalue weighted by Crippen LogP contribution is 2.34. The molecule has 1 atom stereocenters. The summed E-state index contributed by atoms with van der Waals surface area (Å²) in [6, 6.07) is 11.4. The van der Waals surface area contributed by atoms with Gasteiger partial charge in [-0.2, -0.15) is 0 Å². The molecule has 2 fully saturated rings. The van der Waals surface area contributed by atoms with Gasteiger partial charge < -0.3 is 19.9 Å². The van der Waals surface area contributed by atoms with Crippen LogP contribution in [0.1, 0.15) is 31.2 Å². The van der Waals surface area contributed by atoms with Gasteiger partial charge in [-0.15, -0.1) is 0 Å². The molecule has 10 heteroatoms. The molecule has 6 rings (SSSR count). The first-order chi connectivity index (χ1) is 19.5. The average Bonchev–Trinajstić information content (AvgIpc) is 3.55. The summed E-state index contributed by atoms with van der Waals surface area (Å²) in [5.41, 5.74) is 2.46. The van der Waals surface area contributed by atoms with Crippen molar-refractivity contribution in [3.05, 3.63) is 78.1 Å². The Balaban J connectivity index is 1.14. The van der Waals surface area contributed by atoms with E-state index in [1.165, 1.54) is 66.6 Å². The third-order valence-corrected chi connectivity index (χ3v) is 7.54. The van der Waals surface area contributed by atoms with Crippen molar-refractivity contribution in [2.45, 2.75) is 32.2 Å². The molecule has 4 heterocycles. The number of nitrogens with one attached hydrogen (secondary N) is 2. The number of amides is 2. The van der Waals surface area contributed by atoms with Crippen molar-refractivity contribution in [3.8, 4) is 11.5 Å². The van der Waals surface area contributed by atoms with Crippen molar-refractivity contribution in [2.75, 3.05) is 29.9 Å². The summed E-state index contributed by atoms with van der Waals surface area (Å²) >= 11 is 0. The number of pyridine rings is 1. The van der Waals surface area contributed by atoms with Crippen molar-refractivity contribution in [2.24, 2.45) is 5.92 Å². The number of rotatable bonds is 7. The first-order valence-corrected chi connectivity index (χ1v) is 13.5. The summed E-state index contributed by atoms with van der Waals surface area (Å²) in [5, 5.41) is 3.46. The van der Waals surface area contributed by atoms with Gasteiger partial charge in [-0.1, -0.05) is 6.42 Å². The minimum atomic E-state index is -0.916. The van der Waals surface area contributed by atoms with Crippen LogP contribution in [-0.2, 0) is 16.1 Å². The number of hydrogen-bond donors (Lipinski definition) is 2. The molecular formula is C30H29F2N5O3. The average molecular weight is 546 g/mol. The lowest BCUT2D eigenvalue weighted by Crippen LogP contribution is -2.33. The lowest BCUT2D eigenvalue weighted by atomic mass is 10.1. The number of nitrogens with zero attached hydrogens (tertiary/aromatic N) is 3. The molecule has 206 valence electrons. The van der Waals surface area contributed by atoms with Gasteiger partial charge in [0.05, 0.1) is 5.39 Å². The van der Waals surface area contributed by atoms with E-state index < -0.39 is 23.5 Å². The summed E-state index contributed by atoms with van der Waals surface area (Å²) in [4.78, 5) is 37.2. The Labute approximate surface area is 229 Å². The van der Waals surface area contributed by atoms with E-state index in [0.717, 1.165) is 30.6 Å². The number of carbonyl (C=O) groups is 2. The molecule has 2 aromatic carbocycles. The van der Waals surface area contributed by atoms with Crippen LogP contribution in [0.4, 0.5) is 20.2 Å². The normalized spacial score (nSPS) is 17.9. The van der Waals surface area contributed by atoms with Gasteiger partial charge in [-0.3, -0.25) is 14.5 Å². The zero-order valence-electron chi connectivity index (χ0n) is 21.8. The fourth-order valence-electron chi connectivity index (χ4n) is 5.47. The molecule has 2 aliphatic heterocycles. The first-order valence-electron chi connectivity index (χ1n) is 13.5. The first kappa shape index (κ1) is 25.9. The number of aromatic amines is 1. The molecule has 2 aliphatic rings. The van der Waals surface area contributed by atoms with Crippen LogP contribution in [0.3, 0.4) is 0 Å². The quantitative estimate of drug-likeness (QED) is 0.295. The predicted octanol–water partition coefficient (Wildman–Crippen LogP) is 5.61. The highest BCUT2D eigenvalue weighted by Gasteiger charge is 2.37. The maximum Gasteiger partial charge on any atom is 0.239 e. The Morgan fingerprint density at radius 3 is 2.60 bits per heavy atom. The third-order valence-electron chi connectivity index (χ3n) is 7.54. The molecular weight excluding hydrogens is 516 g/mol. The summed E-state index contributed by atoms with van der Waals surface area (Å²) in [7, 11) is 0. The van der Waals surface area contributed by atoms with Crippen molar-refractivity contribution in [3.63, 3.8) is 0 Å². The molecule has 40 heavy (non-hydrogen) atoms. The lowest BCUT2D eigenvalue weighted by molar-refractivity contribution is -0.129. The highest BCUT2D eigenvalue weighted by atomic mass is 19.1. The number of piperidine rings is 1. The molecule has 2 aromatic heterocycles. The van der Waals surface area contributed by atoms with Crippen LogP contribution in [0.15, 0.2) is 60.9 Å². The molecule has 0 bridgehead atoms. The molecule has 1 unspecified atom stereocenters. The molecule has 2 N–H and O–H groups in total. The smallest absolute Gasteiger partial charge is 0.239 e. The number of benzene rings is 2. The Morgan fingerprint density at radius 1 is 1.02 bits per heavy atom. The maximum atomic E-state index is 15.1. The SMILES string of the molecule is O=C(Nc1ccc(Oc2ccnc3[nH]cc(CN4CCCCC4)c23)c(F)c1)C1CCN(c2ccc(F)cc2)C1=O. The summed E-state index contributed by atoms with van der Waals surface area (Å²) in [5.74, 6) is -2.37. The lowest BCUT2D eigenvalue weighted by Gasteiger charge is -2.26. The fourth-order valence-corrected chi connectivity index (χ4v) is 5.47. The minimum absolute atomic E-state index is 0.00930. The second-order valence-corrected chi connectivity index (χ2v) is 10.2. The zero-order chi connectivity index (χ0) is 27.6. The van der Waals surface area contributed by atoms with Crippen LogP contribution in [0.25, 0.3) is 11.0 Å². The number of H-pyrrole nitrogens is 1. The summed E-state index contributed by atoms with van der Waals surface area (Å²) < 4.78 is 34.4. The molecule has 2 amide bonds. The van der Waals surface area contributed by atoms with E-state index in [4.69, 9.17) is 4.74 Å². The van der Waals surface area contributed by atoms with Crippen molar-refractivity contribution < 1.29 is 23.1 Å². The van der Waals surface area contributed by atoms with Crippen molar-refractivity contribution in [1.82, 2.24) is 14.9 Å². The Kier molecular flexibility index (Phi) is 7.17. The van der Waals surface area contributed by atoms with Gasteiger partial charge in [0.25, 0.3) is 0 Å². The summed E-state index contributed by atoms with van der Waals surface area (Å²) in [6.45, 7) is 3.18. The molecule has 8 nitrogen and oxygen atoms in total. The van der Waals surface area contributed by atoms with Gasteiger partial charge >= 0.3 is 0 Å². The largest absolute Gasteiger partial charge is 0.453 e. The van der Waals surface area contributed by atoms with Crippen LogP contribution in [0.2, 0.25) is 0 Å². The molecule has 0 radical (unpaired) electrons. The van der Waals surface area contributed by atoms with Crippen LogP contribution in [-0.4, -0.2) is 46.3 Å². The van der Waals surface area contributed by atoms with Gasteiger partial charge in [0, 0.05) is 42.9 Å². The van der Waals surface area contributed by atoms with Crippen molar-refractivity contribution >= 4 is 34.2 Å². The standard InChI is InChI=1S/C30H29F2N5O3/c31-20-4-7-22(8-5-20)37-15-11-23(30(37)39)29(38)35-21-6-9-25(24(32)16-21)40-26-10-12-33-28-27(26)19(17-34-28)18-36-13-2-1-3-14-36/h4-10,12,16-17,23H,1-3,11,13-15,18H2,(H,33,34)(H,35,38). The second-order valence-electron chi connectivity index (χ2n) is 10.2. The number of likely N-dealkylation sites (tertiary alicyclic amines) is 1. The number of carbonyl (C=O) groups excluding carboxylic acids is 2. The van der Waals surface area contributed by atoms with E-state index in [9.17, 15) is 14.0 Å². The molecule has 0 spiro atoms. The van der Waals surface area contributed by atoms with Gasteiger partial charge in [-0.25, -0.2) is 13.8 Å².